The molecule has 1 atom stereocenters. The summed E-state index contributed by atoms with van der Waals surface area (Å²) >= 11 is 7.04. The Balaban J connectivity index is 1.84. The number of piperazine rings is 1. The number of carbonyl (C=O) groups excluding carboxylic acids is 1. The van der Waals surface area contributed by atoms with Crippen molar-refractivity contribution in [3.8, 4) is 0 Å². The zero-order valence-corrected chi connectivity index (χ0v) is 15.9. The standard InChI is InChI=1S/C18H20ClN3O3S/c1-21-8-10-22(11-9-21)16(14-6-7-15(26-14)18(24)25)17(23)20-13-4-2-12(19)3-5-13/h2-7,16H,8-11H2,1H3,(H,20,23)(H,24,25). The van der Waals surface area contributed by atoms with E-state index in [1.54, 1.807) is 36.4 Å². The number of nitrogens with one attached hydrogen (secondary N) is 1. The molecule has 6 nitrogen and oxygen atoms in total. The van der Waals surface area contributed by atoms with Crippen molar-refractivity contribution in [1.82, 2.24) is 9.80 Å². The molecule has 1 aliphatic heterocycles. The molecule has 26 heavy (non-hydrogen) atoms. The molecule has 1 amide bonds. The van der Waals surface area contributed by atoms with Crippen LogP contribution < -0.4 is 5.32 Å². The minimum atomic E-state index is -0.975. The quantitative estimate of drug-likeness (QED) is 0.816. The van der Waals surface area contributed by atoms with Gasteiger partial charge in [0.2, 0.25) is 5.91 Å². The fourth-order valence-electron chi connectivity index (χ4n) is 2.91. The number of amides is 1. The third-order valence-corrected chi connectivity index (χ3v) is 5.75. The van der Waals surface area contributed by atoms with E-state index >= 15 is 0 Å². The van der Waals surface area contributed by atoms with Crippen molar-refractivity contribution in [2.24, 2.45) is 0 Å². The van der Waals surface area contributed by atoms with Crippen LogP contribution in [0.4, 0.5) is 5.69 Å². The monoisotopic (exact) mass is 393 g/mol. The van der Waals surface area contributed by atoms with Crippen LogP contribution in [0.1, 0.15) is 20.6 Å². The molecule has 2 N–H and O–H groups in total. The molecule has 1 aliphatic rings. The number of rotatable bonds is 5. The van der Waals surface area contributed by atoms with Gasteiger partial charge in [0.1, 0.15) is 10.9 Å². The summed E-state index contributed by atoms with van der Waals surface area (Å²) in [6.45, 7) is 3.22. The Labute approximate surface area is 161 Å². The van der Waals surface area contributed by atoms with Crippen molar-refractivity contribution in [1.29, 1.82) is 0 Å². The van der Waals surface area contributed by atoms with Gasteiger partial charge in [-0.3, -0.25) is 9.69 Å². The van der Waals surface area contributed by atoms with Gasteiger partial charge in [-0.1, -0.05) is 11.6 Å². The van der Waals surface area contributed by atoms with Gasteiger partial charge in [-0.25, -0.2) is 4.79 Å². The number of aromatic carboxylic acids is 1. The molecule has 0 spiro atoms. The molecule has 8 heteroatoms. The second kappa shape index (κ2) is 8.18. The van der Waals surface area contributed by atoms with Crippen LogP contribution >= 0.6 is 22.9 Å². The van der Waals surface area contributed by atoms with E-state index in [-0.39, 0.29) is 10.8 Å². The van der Waals surface area contributed by atoms with Crippen molar-refractivity contribution >= 4 is 40.5 Å². The number of hydrogen-bond acceptors (Lipinski definition) is 5. The van der Waals surface area contributed by atoms with Gasteiger partial charge in [0, 0.05) is 41.8 Å². The highest BCUT2D eigenvalue weighted by Crippen LogP contribution is 2.30. The van der Waals surface area contributed by atoms with Crippen molar-refractivity contribution in [3.05, 3.63) is 51.2 Å². The maximum Gasteiger partial charge on any atom is 0.345 e. The van der Waals surface area contributed by atoms with Gasteiger partial charge in [-0.15, -0.1) is 11.3 Å². The molecule has 1 unspecified atom stereocenters. The minimum absolute atomic E-state index is 0.171. The van der Waals surface area contributed by atoms with Gasteiger partial charge in [0.05, 0.1) is 0 Å². The van der Waals surface area contributed by atoms with Crippen LogP contribution in [0.25, 0.3) is 0 Å². The average Bonchev–Trinajstić information content (AvgIpc) is 3.09. The lowest BCUT2D eigenvalue weighted by molar-refractivity contribution is -0.122. The van der Waals surface area contributed by atoms with Crippen LogP contribution in [0, 0.1) is 0 Å². The number of carbonyl (C=O) groups is 2. The maximum absolute atomic E-state index is 13.0. The lowest BCUT2D eigenvalue weighted by Gasteiger charge is -2.36. The Morgan fingerprint density at radius 2 is 1.77 bits per heavy atom. The summed E-state index contributed by atoms with van der Waals surface area (Å²) in [5, 5.41) is 12.7. The summed E-state index contributed by atoms with van der Waals surface area (Å²) in [5.74, 6) is -1.15. The average molecular weight is 394 g/mol. The van der Waals surface area contributed by atoms with E-state index in [1.165, 1.54) is 0 Å². The van der Waals surface area contributed by atoms with Crippen molar-refractivity contribution in [2.75, 3.05) is 38.5 Å². The lowest BCUT2D eigenvalue weighted by Crippen LogP contribution is -2.48. The largest absolute Gasteiger partial charge is 0.477 e. The van der Waals surface area contributed by atoms with Crippen molar-refractivity contribution in [3.63, 3.8) is 0 Å². The summed E-state index contributed by atoms with van der Waals surface area (Å²) in [6, 6.07) is 9.71. The topological polar surface area (TPSA) is 72.9 Å². The molecule has 3 rings (SSSR count). The zero-order chi connectivity index (χ0) is 18.7. The van der Waals surface area contributed by atoms with Crippen molar-refractivity contribution in [2.45, 2.75) is 6.04 Å². The van der Waals surface area contributed by atoms with Gasteiger partial charge in [-0.2, -0.15) is 0 Å². The Hall–Kier alpha value is -1.93. The SMILES string of the molecule is CN1CCN(C(C(=O)Nc2ccc(Cl)cc2)c2ccc(C(=O)O)s2)CC1. The molecule has 1 aromatic heterocycles. The highest BCUT2D eigenvalue weighted by Gasteiger charge is 2.31. The second-order valence-electron chi connectivity index (χ2n) is 6.25. The van der Waals surface area contributed by atoms with E-state index in [0.717, 1.165) is 42.4 Å². The third-order valence-electron chi connectivity index (χ3n) is 4.37. The summed E-state index contributed by atoms with van der Waals surface area (Å²) in [6.07, 6.45) is 0. The molecule has 2 aromatic rings. The fourth-order valence-corrected chi connectivity index (χ4v) is 4.02. The number of carboxylic acids is 1. The lowest BCUT2D eigenvalue weighted by atomic mass is 10.1. The summed E-state index contributed by atoms with van der Waals surface area (Å²) in [5.41, 5.74) is 0.661. The smallest absolute Gasteiger partial charge is 0.345 e. The van der Waals surface area contributed by atoms with Gasteiger partial charge in [0.15, 0.2) is 0 Å². The first kappa shape index (κ1) is 18.8. The molecule has 0 bridgehead atoms. The van der Waals surface area contributed by atoms with E-state index in [0.29, 0.717) is 10.7 Å². The highest BCUT2D eigenvalue weighted by atomic mass is 35.5. The Morgan fingerprint density at radius 1 is 1.12 bits per heavy atom. The molecule has 1 aromatic carbocycles. The maximum atomic E-state index is 13.0. The highest BCUT2D eigenvalue weighted by molar-refractivity contribution is 7.14. The normalized spacial score (nSPS) is 17.0. The number of halogens is 1. The molecule has 0 radical (unpaired) electrons. The van der Waals surface area contributed by atoms with Crippen molar-refractivity contribution < 1.29 is 14.7 Å². The first-order chi connectivity index (χ1) is 12.4. The number of anilines is 1. The zero-order valence-electron chi connectivity index (χ0n) is 14.3. The van der Waals surface area contributed by atoms with Crippen LogP contribution in [0.15, 0.2) is 36.4 Å². The summed E-state index contributed by atoms with van der Waals surface area (Å²) < 4.78 is 0. The molecule has 0 aliphatic carbocycles. The van der Waals surface area contributed by atoms with Gasteiger partial charge >= 0.3 is 5.97 Å². The molecule has 138 valence electrons. The van der Waals surface area contributed by atoms with Crippen LogP contribution in [0.5, 0.6) is 0 Å². The third kappa shape index (κ3) is 4.42. The van der Waals surface area contributed by atoms with Gasteiger partial charge in [-0.05, 0) is 43.4 Å². The van der Waals surface area contributed by atoms with Crippen LogP contribution in [-0.4, -0.2) is 60.0 Å². The Bertz CT molecular complexity index is 785. The predicted molar refractivity (Wildman–Crippen MR) is 103 cm³/mol. The van der Waals surface area contributed by atoms with E-state index in [1.807, 2.05) is 7.05 Å². The van der Waals surface area contributed by atoms with E-state index in [9.17, 15) is 14.7 Å². The van der Waals surface area contributed by atoms with E-state index < -0.39 is 12.0 Å². The molecule has 2 heterocycles. The van der Waals surface area contributed by atoms with Crippen LogP contribution in [0.2, 0.25) is 5.02 Å². The Kier molecular flexibility index (Phi) is 5.93. The minimum Gasteiger partial charge on any atom is -0.477 e. The molecular weight excluding hydrogens is 374 g/mol. The van der Waals surface area contributed by atoms with Gasteiger partial charge < -0.3 is 15.3 Å². The Morgan fingerprint density at radius 3 is 2.35 bits per heavy atom. The van der Waals surface area contributed by atoms with E-state index in [4.69, 9.17) is 11.6 Å². The molecule has 0 saturated carbocycles. The predicted octanol–water partition coefficient (Wildman–Crippen LogP) is 3.03. The molecular formula is C18H20ClN3O3S. The number of likely N-dealkylation sites (N-methyl/N-ethyl adjacent to an activating group) is 1. The second-order valence-corrected chi connectivity index (χ2v) is 7.80. The fraction of sp³-hybridized carbons (Fsp3) is 0.333. The van der Waals surface area contributed by atoms with Crippen LogP contribution in [-0.2, 0) is 4.79 Å². The number of carboxylic acid groups (broad SMARTS) is 1. The van der Waals surface area contributed by atoms with E-state index in [2.05, 4.69) is 15.1 Å². The summed E-state index contributed by atoms with van der Waals surface area (Å²) in [7, 11) is 2.05. The van der Waals surface area contributed by atoms with Gasteiger partial charge in [0.25, 0.3) is 0 Å². The number of hydrogen-bond donors (Lipinski definition) is 2. The summed E-state index contributed by atoms with van der Waals surface area (Å²) in [4.78, 5) is 29.5. The first-order valence-electron chi connectivity index (χ1n) is 8.26. The number of benzene rings is 1. The first-order valence-corrected chi connectivity index (χ1v) is 9.45. The molecule has 1 saturated heterocycles. The number of thiophene rings is 1. The number of nitrogens with zero attached hydrogens (tertiary/aromatic N) is 2. The molecule has 1 fully saturated rings. The van der Waals surface area contributed by atoms with Crippen LogP contribution in [0.3, 0.4) is 0 Å².